The third-order valence-electron chi connectivity index (χ3n) is 15.4. The number of aromatic hydroxyl groups is 1. The number of para-hydroxylation sites is 1. The summed E-state index contributed by atoms with van der Waals surface area (Å²) in [5, 5.41) is 14.2. The molecule has 2 N–H and O–H groups in total. The van der Waals surface area contributed by atoms with Crippen molar-refractivity contribution >= 4 is 45.8 Å². The van der Waals surface area contributed by atoms with E-state index in [1.54, 1.807) is 18.1 Å². The lowest BCUT2D eigenvalue weighted by Gasteiger charge is -2.57. The zero-order valence-electron chi connectivity index (χ0n) is 36.7. The number of fused-ring (bicyclic) bond motifs is 1. The van der Waals surface area contributed by atoms with Gasteiger partial charge in [-0.2, -0.15) is 0 Å². The van der Waals surface area contributed by atoms with Crippen LogP contribution in [0.1, 0.15) is 75.4 Å². The number of carbonyl (C=O) groups excluding carboxylic acids is 3. The van der Waals surface area contributed by atoms with E-state index in [9.17, 15) is 23.9 Å². The van der Waals surface area contributed by atoms with E-state index in [1.807, 2.05) is 12.1 Å². The second-order valence-corrected chi connectivity index (χ2v) is 18.9. The molecule has 64 heavy (non-hydrogen) atoms. The van der Waals surface area contributed by atoms with E-state index in [4.69, 9.17) is 9.47 Å². The van der Waals surface area contributed by atoms with Crippen molar-refractivity contribution in [2.24, 2.45) is 17.3 Å². The molecule has 7 heterocycles. The summed E-state index contributed by atoms with van der Waals surface area (Å²) < 4.78 is 44.8. The first-order chi connectivity index (χ1) is 31.1. The van der Waals surface area contributed by atoms with Crippen LogP contribution in [0, 0.1) is 28.9 Å². The minimum absolute atomic E-state index is 0.0635. The highest BCUT2D eigenvalue weighted by Crippen LogP contribution is 2.60. The van der Waals surface area contributed by atoms with Crippen LogP contribution >= 0.6 is 0 Å². The van der Waals surface area contributed by atoms with Gasteiger partial charge in [0.2, 0.25) is 11.8 Å². The van der Waals surface area contributed by atoms with Crippen molar-refractivity contribution in [1.82, 2.24) is 19.7 Å². The van der Waals surface area contributed by atoms with Crippen molar-refractivity contribution < 1.29 is 37.7 Å². The fourth-order valence-electron chi connectivity index (χ4n) is 11.8. The zero-order chi connectivity index (χ0) is 44.1. The number of phenols is 1. The Kier molecular flexibility index (Phi) is 11.7. The molecule has 0 saturated carbocycles. The molecule has 6 fully saturated rings. The normalized spacial score (nSPS) is 23.3. The Balaban J connectivity index is 0.708. The number of likely N-dealkylation sites (tertiary alicyclic amines) is 2. The second kappa shape index (κ2) is 17.6. The molecule has 0 bridgehead atoms. The van der Waals surface area contributed by atoms with Crippen LogP contribution in [0.15, 0.2) is 60.8 Å². The first-order valence-corrected chi connectivity index (χ1v) is 23.3. The average molecular weight is 880 g/mol. The number of urea groups is 1. The smallest absolute Gasteiger partial charge is 0.328 e. The van der Waals surface area contributed by atoms with E-state index < -0.39 is 23.0 Å². The number of aromatic nitrogens is 1. The molecule has 1 atom stereocenters. The van der Waals surface area contributed by atoms with E-state index in [-0.39, 0.29) is 29.4 Å². The number of hydrogen-bond donors (Lipinski definition) is 2. The highest BCUT2D eigenvalue weighted by Gasteiger charge is 2.63. The van der Waals surface area contributed by atoms with Gasteiger partial charge in [-0.05, 0) is 113 Å². The first kappa shape index (κ1) is 42.7. The molecule has 4 aromatic rings. The van der Waals surface area contributed by atoms with Crippen LogP contribution in [0.3, 0.4) is 0 Å². The number of phenolic OH excluding ortho intramolecular Hbond substituents is 1. The molecule has 340 valence electrons. The number of nitrogens with one attached hydrogen (secondary N) is 1. The van der Waals surface area contributed by atoms with Gasteiger partial charge in [0.05, 0.1) is 41.1 Å². The van der Waals surface area contributed by atoms with Gasteiger partial charge >= 0.3 is 6.03 Å². The quantitative estimate of drug-likeness (QED) is 0.159. The Bertz CT molecular complexity index is 2400. The molecule has 1 spiro atoms. The number of hydrogen-bond acceptors (Lipinski definition) is 9. The third-order valence-corrected chi connectivity index (χ3v) is 15.4. The minimum atomic E-state index is -0.865. The highest BCUT2D eigenvalue weighted by molar-refractivity contribution is 6.10. The molecule has 10 rings (SSSR count). The number of ether oxygens (including phenoxy) is 2. The van der Waals surface area contributed by atoms with Gasteiger partial charge < -0.3 is 33.8 Å². The molecule has 0 aliphatic carbocycles. The number of benzene rings is 3. The van der Waals surface area contributed by atoms with Gasteiger partial charge in [0.1, 0.15) is 11.6 Å². The topological polar surface area (TPSA) is 123 Å². The van der Waals surface area contributed by atoms with Crippen molar-refractivity contribution in [2.75, 3.05) is 93.9 Å². The van der Waals surface area contributed by atoms with Gasteiger partial charge in [0.15, 0.2) is 11.6 Å². The molecule has 0 radical (unpaired) electrons. The van der Waals surface area contributed by atoms with Crippen LogP contribution in [-0.2, 0) is 14.3 Å². The lowest BCUT2D eigenvalue weighted by Crippen LogP contribution is -2.65. The summed E-state index contributed by atoms with van der Waals surface area (Å²) in [5.74, 6) is -0.576. The molecule has 15 heteroatoms. The highest BCUT2D eigenvalue weighted by atomic mass is 19.1. The van der Waals surface area contributed by atoms with E-state index in [0.717, 1.165) is 101 Å². The number of methoxy groups -OCH3 is 1. The SMILES string of the molecule is COc1cc(N2CCC(CN3CCC(CN4CCC(n5ccc6c(N7CCC(=O)NC7=O)cccc65)CC4)CC3)CC2)c(F)cc1C1N(c2cccc(F)c2O)C(=O)C12CCOCC2. The van der Waals surface area contributed by atoms with E-state index >= 15 is 4.39 Å². The Morgan fingerprint density at radius 1 is 0.781 bits per heavy atom. The van der Waals surface area contributed by atoms with E-state index in [0.29, 0.717) is 73.9 Å². The number of rotatable bonds is 10. The summed E-state index contributed by atoms with van der Waals surface area (Å²) in [6, 6.07) is 15.0. The molecule has 6 aliphatic heterocycles. The number of carbonyl (C=O) groups is 3. The molecule has 3 aromatic carbocycles. The average Bonchev–Trinajstić information content (AvgIpc) is 3.75. The number of imide groups is 1. The first-order valence-electron chi connectivity index (χ1n) is 23.3. The van der Waals surface area contributed by atoms with Crippen molar-refractivity contribution in [2.45, 2.75) is 69.9 Å². The number of anilines is 3. The number of halogens is 2. The Morgan fingerprint density at radius 3 is 2.12 bits per heavy atom. The molecular weight excluding hydrogens is 821 g/mol. The van der Waals surface area contributed by atoms with Crippen LogP contribution in [0.25, 0.3) is 10.9 Å². The van der Waals surface area contributed by atoms with E-state index in [1.165, 1.54) is 35.9 Å². The summed E-state index contributed by atoms with van der Waals surface area (Å²) in [4.78, 5) is 48.7. The van der Waals surface area contributed by atoms with Crippen LogP contribution in [-0.4, -0.2) is 117 Å². The van der Waals surface area contributed by atoms with Crippen molar-refractivity contribution in [1.29, 1.82) is 0 Å². The standard InChI is InChI=1S/C49H59F2N7O6/c1-63-43-29-42(38(51)28-36(43)46-49(16-26-64-27-17-49)47(61)58(46)41-7-2-4-37(50)45(41)60)55-22-10-33(11-23-55)31-53-18-8-32(9-19-53)30-54-20-12-34(13-21-54)56-24-14-35-39(56)5-3-6-40(35)57-25-15-44(59)52-48(57)62/h2-7,14,24,28-29,32-34,46,60H,8-13,15-23,25-27,30-31H2,1H3,(H,52,59,62). The van der Waals surface area contributed by atoms with E-state index in [2.05, 4.69) is 42.9 Å². The maximum Gasteiger partial charge on any atom is 0.328 e. The molecule has 4 amide bonds. The number of β-lactam (4-membered cyclic amide) rings is 1. The van der Waals surface area contributed by atoms with Crippen LogP contribution < -0.4 is 24.8 Å². The Hall–Kier alpha value is -5.25. The van der Waals surface area contributed by atoms with Gasteiger partial charge in [0.25, 0.3) is 0 Å². The number of piperidine rings is 3. The van der Waals surface area contributed by atoms with Gasteiger partial charge in [-0.15, -0.1) is 0 Å². The van der Waals surface area contributed by atoms with Gasteiger partial charge in [0, 0.05) is 94.7 Å². The minimum Gasteiger partial charge on any atom is -0.503 e. The fraction of sp³-hybridized carbons (Fsp3) is 0.531. The second-order valence-electron chi connectivity index (χ2n) is 18.9. The Labute approximate surface area is 372 Å². The summed E-state index contributed by atoms with van der Waals surface area (Å²) >= 11 is 0. The fourth-order valence-corrected chi connectivity index (χ4v) is 11.8. The monoisotopic (exact) mass is 879 g/mol. The Morgan fingerprint density at radius 2 is 1.44 bits per heavy atom. The van der Waals surface area contributed by atoms with Gasteiger partial charge in [-0.25, -0.2) is 13.6 Å². The summed E-state index contributed by atoms with van der Waals surface area (Å²) in [6.07, 6.45) is 9.86. The maximum absolute atomic E-state index is 16.3. The molecule has 6 aliphatic rings. The van der Waals surface area contributed by atoms with Crippen LogP contribution in [0.2, 0.25) is 0 Å². The van der Waals surface area contributed by atoms with Crippen molar-refractivity contribution in [3.63, 3.8) is 0 Å². The zero-order valence-corrected chi connectivity index (χ0v) is 36.7. The van der Waals surface area contributed by atoms with Gasteiger partial charge in [-0.3, -0.25) is 24.7 Å². The number of amides is 4. The summed E-state index contributed by atoms with van der Waals surface area (Å²) in [5.41, 5.74) is 2.17. The molecule has 1 unspecified atom stereocenters. The summed E-state index contributed by atoms with van der Waals surface area (Å²) in [6.45, 7) is 9.20. The summed E-state index contributed by atoms with van der Waals surface area (Å²) in [7, 11) is 1.55. The molecule has 6 saturated heterocycles. The van der Waals surface area contributed by atoms with Crippen LogP contribution in [0.5, 0.6) is 11.5 Å². The molecular formula is C49H59F2N7O6. The number of nitrogens with zero attached hydrogens (tertiary/aromatic N) is 6. The predicted molar refractivity (Wildman–Crippen MR) is 240 cm³/mol. The lowest BCUT2D eigenvalue weighted by atomic mass is 9.62. The van der Waals surface area contributed by atoms with Crippen molar-refractivity contribution in [3.8, 4) is 11.5 Å². The maximum atomic E-state index is 16.3. The lowest BCUT2D eigenvalue weighted by molar-refractivity contribution is -0.149. The van der Waals surface area contributed by atoms with Crippen molar-refractivity contribution in [3.05, 3.63) is 78.0 Å². The third kappa shape index (κ3) is 7.76. The largest absolute Gasteiger partial charge is 0.503 e. The van der Waals surface area contributed by atoms with Gasteiger partial charge in [-0.1, -0.05) is 12.1 Å². The predicted octanol–water partition coefficient (Wildman–Crippen LogP) is 7.23. The molecule has 13 nitrogen and oxygen atoms in total. The van der Waals surface area contributed by atoms with Crippen LogP contribution in [0.4, 0.5) is 30.6 Å². The molecule has 1 aromatic heterocycles.